The van der Waals surface area contributed by atoms with E-state index in [4.69, 9.17) is 21.7 Å². The molecule has 0 amide bonds. The third-order valence-electron chi connectivity index (χ3n) is 2.26. The van der Waals surface area contributed by atoms with Crippen LogP contribution in [0.1, 0.15) is 12.5 Å². The average molecular weight is 279 g/mol. The molecule has 1 aromatic rings. The van der Waals surface area contributed by atoms with Gasteiger partial charge in [0.05, 0.1) is 7.11 Å². The van der Waals surface area contributed by atoms with Crippen LogP contribution in [-0.4, -0.2) is 21.6 Å². The maximum Gasteiger partial charge on any atom is 0.241 e. The molecule has 1 rings (SSSR count). The molecule has 1 atom stereocenters. The fraction of sp³-hybridized carbons (Fsp3) is 0.400. The molecule has 3 N–H and O–H groups in total. The van der Waals surface area contributed by atoms with E-state index in [0.717, 1.165) is 5.56 Å². The van der Waals surface area contributed by atoms with Crippen molar-refractivity contribution in [1.29, 1.82) is 0 Å². The van der Waals surface area contributed by atoms with Crippen LogP contribution in [0.25, 0.3) is 0 Å². The maximum absolute atomic E-state index is 11.4. The standard InChI is InChI=1S/C10H15ClN2O3S/c1-7(13-11)5-8-3-4-9(16-2)10(6-8)17(12,14)15/h3-4,6-7,13H,5H2,1-2H3,(H2,12,14,15)/t7-/m1/s1. The van der Waals surface area contributed by atoms with E-state index >= 15 is 0 Å². The number of hydrogen-bond donors (Lipinski definition) is 2. The Morgan fingerprint density at radius 3 is 2.65 bits per heavy atom. The zero-order chi connectivity index (χ0) is 13.1. The molecule has 5 nitrogen and oxygen atoms in total. The molecule has 0 saturated carbocycles. The number of sulfonamides is 1. The zero-order valence-corrected chi connectivity index (χ0v) is 11.2. The van der Waals surface area contributed by atoms with Crippen LogP contribution in [0, 0.1) is 0 Å². The Bertz CT molecular complexity index is 490. The van der Waals surface area contributed by atoms with Gasteiger partial charge in [-0.3, -0.25) is 0 Å². The predicted molar refractivity (Wildman–Crippen MR) is 66.5 cm³/mol. The molecule has 0 aliphatic rings. The van der Waals surface area contributed by atoms with E-state index in [1.54, 1.807) is 12.1 Å². The second-order valence-corrected chi connectivity index (χ2v) is 5.49. The molecule has 0 aliphatic carbocycles. The highest BCUT2D eigenvalue weighted by atomic mass is 35.5. The number of nitrogens with one attached hydrogen (secondary N) is 1. The molecule has 1 aromatic carbocycles. The van der Waals surface area contributed by atoms with Gasteiger partial charge in [-0.1, -0.05) is 6.07 Å². The van der Waals surface area contributed by atoms with E-state index < -0.39 is 10.0 Å². The van der Waals surface area contributed by atoms with Crippen molar-refractivity contribution in [1.82, 2.24) is 4.84 Å². The van der Waals surface area contributed by atoms with Crippen LogP contribution < -0.4 is 14.7 Å². The van der Waals surface area contributed by atoms with Crippen LogP contribution in [0.15, 0.2) is 23.1 Å². The third-order valence-corrected chi connectivity index (χ3v) is 3.57. The maximum atomic E-state index is 11.4. The van der Waals surface area contributed by atoms with Crippen LogP contribution in [0.2, 0.25) is 0 Å². The minimum absolute atomic E-state index is 0.0146. The predicted octanol–water partition coefficient (Wildman–Crippen LogP) is 1.02. The molecule has 96 valence electrons. The van der Waals surface area contributed by atoms with Crippen molar-refractivity contribution in [3.05, 3.63) is 23.8 Å². The van der Waals surface area contributed by atoms with Crippen molar-refractivity contribution in [2.24, 2.45) is 5.14 Å². The summed E-state index contributed by atoms with van der Waals surface area (Å²) >= 11 is 5.47. The second-order valence-electron chi connectivity index (χ2n) is 3.74. The highest BCUT2D eigenvalue weighted by molar-refractivity contribution is 7.89. The number of nitrogens with two attached hydrogens (primary N) is 1. The highest BCUT2D eigenvalue weighted by Gasteiger charge is 2.16. The average Bonchev–Trinajstić information content (AvgIpc) is 2.27. The van der Waals surface area contributed by atoms with Gasteiger partial charge in [-0.2, -0.15) is 0 Å². The molecule has 0 spiro atoms. The third kappa shape index (κ3) is 3.85. The van der Waals surface area contributed by atoms with Gasteiger partial charge in [0.2, 0.25) is 10.0 Å². The van der Waals surface area contributed by atoms with Crippen molar-refractivity contribution in [3.8, 4) is 5.75 Å². The summed E-state index contributed by atoms with van der Waals surface area (Å²) in [6.45, 7) is 1.88. The van der Waals surface area contributed by atoms with E-state index in [0.29, 0.717) is 6.42 Å². The Hall–Kier alpha value is -0.820. The number of benzene rings is 1. The number of rotatable bonds is 5. The van der Waals surface area contributed by atoms with Gasteiger partial charge in [-0.05, 0) is 42.8 Å². The Labute approximate surface area is 106 Å². The van der Waals surface area contributed by atoms with Crippen LogP contribution in [0.3, 0.4) is 0 Å². The molecular formula is C10H15ClN2O3S. The Morgan fingerprint density at radius 2 is 2.18 bits per heavy atom. The summed E-state index contributed by atoms with van der Waals surface area (Å²) in [4.78, 5) is 2.55. The van der Waals surface area contributed by atoms with Crippen molar-refractivity contribution in [3.63, 3.8) is 0 Å². The number of methoxy groups -OCH3 is 1. The summed E-state index contributed by atoms with van der Waals surface area (Å²) in [6, 6.07) is 4.88. The molecule has 0 saturated heterocycles. The van der Waals surface area contributed by atoms with Crippen LogP contribution in [-0.2, 0) is 16.4 Å². The van der Waals surface area contributed by atoms with Gasteiger partial charge in [0.15, 0.2) is 0 Å². The van der Waals surface area contributed by atoms with E-state index in [1.165, 1.54) is 13.2 Å². The van der Waals surface area contributed by atoms with Crippen molar-refractivity contribution >= 4 is 21.8 Å². The SMILES string of the molecule is COc1ccc(C[C@@H](C)NCl)cc1S(N)(=O)=O. The van der Waals surface area contributed by atoms with Crippen LogP contribution >= 0.6 is 11.8 Å². The van der Waals surface area contributed by atoms with Gasteiger partial charge in [0.1, 0.15) is 10.6 Å². The van der Waals surface area contributed by atoms with E-state index in [-0.39, 0.29) is 16.7 Å². The van der Waals surface area contributed by atoms with E-state index in [9.17, 15) is 8.42 Å². The minimum Gasteiger partial charge on any atom is -0.495 e. The zero-order valence-electron chi connectivity index (χ0n) is 9.60. The lowest BCUT2D eigenvalue weighted by molar-refractivity contribution is 0.402. The lowest BCUT2D eigenvalue weighted by Crippen LogP contribution is -2.19. The first-order chi connectivity index (χ1) is 7.88. The molecule has 0 bridgehead atoms. The molecule has 7 heteroatoms. The molecule has 0 aromatic heterocycles. The number of halogens is 1. The lowest BCUT2D eigenvalue weighted by atomic mass is 10.1. The largest absolute Gasteiger partial charge is 0.495 e. The summed E-state index contributed by atoms with van der Waals surface area (Å²) < 4.78 is 27.7. The van der Waals surface area contributed by atoms with Crippen LogP contribution in [0.4, 0.5) is 0 Å². The summed E-state index contributed by atoms with van der Waals surface area (Å²) in [5, 5.41) is 5.12. The monoisotopic (exact) mass is 278 g/mol. The van der Waals surface area contributed by atoms with Crippen LogP contribution in [0.5, 0.6) is 5.75 Å². The van der Waals surface area contributed by atoms with Gasteiger partial charge in [0, 0.05) is 6.04 Å². The van der Waals surface area contributed by atoms with Gasteiger partial charge < -0.3 is 4.74 Å². The van der Waals surface area contributed by atoms with Gasteiger partial charge >= 0.3 is 0 Å². The second kappa shape index (κ2) is 5.68. The van der Waals surface area contributed by atoms with Crippen molar-refractivity contribution < 1.29 is 13.2 Å². The quantitative estimate of drug-likeness (QED) is 0.788. The number of ether oxygens (including phenoxy) is 1. The van der Waals surface area contributed by atoms with Gasteiger partial charge in [-0.15, -0.1) is 0 Å². The van der Waals surface area contributed by atoms with Gasteiger partial charge in [-0.25, -0.2) is 18.4 Å². The first kappa shape index (κ1) is 14.2. The van der Waals surface area contributed by atoms with E-state index in [2.05, 4.69) is 4.84 Å². The van der Waals surface area contributed by atoms with Crippen molar-refractivity contribution in [2.75, 3.05) is 7.11 Å². The fourth-order valence-corrected chi connectivity index (χ4v) is 2.29. The normalized spacial score (nSPS) is 13.4. The molecule has 17 heavy (non-hydrogen) atoms. The van der Waals surface area contributed by atoms with Gasteiger partial charge in [0.25, 0.3) is 0 Å². The molecule has 0 radical (unpaired) electrons. The first-order valence-electron chi connectivity index (χ1n) is 4.94. The number of hydrogen-bond acceptors (Lipinski definition) is 4. The molecule has 0 heterocycles. The fourth-order valence-electron chi connectivity index (χ4n) is 1.46. The molecule has 0 aliphatic heterocycles. The molecule has 0 unspecified atom stereocenters. The highest BCUT2D eigenvalue weighted by Crippen LogP contribution is 2.24. The summed E-state index contributed by atoms with van der Waals surface area (Å²) in [5.41, 5.74) is 0.815. The topological polar surface area (TPSA) is 81.4 Å². The first-order valence-corrected chi connectivity index (χ1v) is 6.86. The Kier molecular flexibility index (Phi) is 4.76. The summed E-state index contributed by atoms with van der Waals surface area (Å²) in [6.07, 6.45) is 0.593. The molecular weight excluding hydrogens is 264 g/mol. The van der Waals surface area contributed by atoms with Crippen molar-refractivity contribution in [2.45, 2.75) is 24.3 Å². The van der Waals surface area contributed by atoms with E-state index in [1.807, 2.05) is 6.92 Å². The Balaban J connectivity index is 3.14. The molecule has 0 fully saturated rings. The summed E-state index contributed by atoms with van der Waals surface area (Å²) in [5.74, 6) is 0.239. The minimum atomic E-state index is -3.79. The lowest BCUT2D eigenvalue weighted by Gasteiger charge is -2.11. The summed E-state index contributed by atoms with van der Waals surface area (Å²) in [7, 11) is -2.39. The number of primary sulfonamides is 1. The Morgan fingerprint density at radius 1 is 1.53 bits per heavy atom. The smallest absolute Gasteiger partial charge is 0.241 e.